The van der Waals surface area contributed by atoms with E-state index < -0.39 is 8.07 Å². The third-order valence-corrected chi connectivity index (χ3v) is 3.30. The molecular formula is C10H20O2Si. The normalized spacial score (nSPS) is 13.8. The van der Waals surface area contributed by atoms with Gasteiger partial charge in [-0.25, -0.2) is 0 Å². The number of methoxy groups -OCH3 is 1. The first-order chi connectivity index (χ1) is 6.02. The van der Waals surface area contributed by atoms with Crippen LogP contribution in [0.25, 0.3) is 0 Å². The Morgan fingerprint density at radius 1 is 1.31 bits per heavy atom. The average Bonchev–Trinajstić information content (AvgIpc) is 2.02. The van der Waals surface area contributed by atoms with Gasteiger partial charge in [0.1, 0.15) is 8.07 Å². The van der Waals surface area contributed by atoms with Gasteiger partial charge in [0.2, 0.25) is 0 Å². The molecule has 3 heteroatoms. The van der Waals surface area contributed by atoms with Crippen LogP contribution in [0.5, 0.6) is 0 Å². The summed E-state index contributed by atoms with van der Waals surface area (Å²) in [7, 11) is 0.283. The molecule has 0 spiro atoms. The Morgan fingerprint density at radius 3 is 2.31 bits per heavy atom. The molecule has 0 saturated heterocycles. The van der Waals surface area contributed by atoms with Crippen molar-refractivity contribution >= 4 is 8.07 Å². The van der Waals surface area contributed by atoms with Gasteiger partial charge in [-0.3, -0.25) is 0 Å². The minimum absolute atomic E-state index is 0.341. The minimum Gasteiger partial charge on any atom is -0.477 e. The quantitative estimate of drug-likeness (QED) is 0.294. The molecule has 0 amide bonds. The zero-order valence-corrected chi connectivity index (χ0v) is 10.3. The van der Waals surface area contributed by atoms with Crippen molar-refractivity contribution < 1.29 is 9.47 Å². The van der Waals surface area contributed by atoms with Crippen molar-refractivity contribution in [2.24, 2.45) is 0 Å². The summed E-state index contributed by atoms with van der Waals surface area (Å²) in [6.45, 7) is 9.08. The molecule has 0 aliphatic carbocycles. The SMILES string of the molecule is C/C=C/C=C(/OCOC)[Si](C)(C)C. The number of rotatable bonds is 5. The molecule has 0 atom stereocenters. The number of allylic oxidation sites excluding steroid dienone is 3. The molecule has 13 heavy (non-hydrogen) atoms. The smallest absolute Gasteiger partial charge is 0.187 e. The highest BCUT2D eigenvalue weighted by molar-refractivity contribution is 6.82. The molecule has 0 fully saturated rings. The maximum atomic E-state index is 5.51. The second kappa shape index (κ2) is 5.99. The fourth-order valence-electron chi connectivity index (χ4n) is 0.821. The predicted molar refractivity (Wildman–Crippen MR) is 59.2 cm³/mol. The van der Waals surface area contributed by atoms with Gasteiger partial charge in [0.05, 0.1) is 5.38 Å². The lowest BCUT2D eigenvalue weighted by molar-refractivity contribution is 0.0130. The van der Waals surface area contributed by atoms with E-state index in [2.05, 4.69) is 19.6 Å². The van der Waals surface area contributed by atoms with Gasteiger partial charge in [-0.2, -0.15) is 0 Å². The van der Waals surface area contributed by atoms with Gasteiger partial charge in [0.25, 0.3) is 0 Å². The number of hydrogen-bond acceptors (Lipinski definition) is 2. The van der Waals surface area contributed by atoms with Crippen molar-refractivity contribution in [2.45, 2.75) is 26.6 Å². The van der Waals surface area contributed by atoms with E-state index in [0.717, 1.165) is 5.38 Å². The maximum Gasteiger partial charge on any atom is 0.187 e. The molecule has 2 nitrogen and oxygen atoms in total. The summed E-state index contributed by atoms with van der Waals surface area (Å²) < 4.78 is 10.4. The average molecular weight is 200 g/mol. The van der Waals surface area contributed by atoms with Crippen molar-refractivity contribution in [1.29, 1.82) is 0 Å². The first-order valence-electron chi connectivity index (χ1n) is 4.47. The number of hydrogen-bond donors (Lipinski definition) is 0. The van der Waals surface area contributed by atoms with Crippen molar-refractivity contribution in [1.82, 2.24) is 0 Å². The van der Waals surface area contributed by atoms with Gasteiger partial charge < -0.3 is 9.47 Å². The van der Waals surface area contributed by atoms with E-state index in [9.17, 15) is 0 Å². The monoisotopic (exact) mass is 200 g/mol. The van der Waals surface area contributed by atoms with E-state index in [1.54, 1.807) is 7.11 Å². The Balaban J connectivity index is 4.37. The third kappa shape index (κ3) is 5.66. The molecule has 0 radical (unpaired) electrons. The molecule has 0 saturated carbocycles. The Labute approximate surface area is 82.3 Å². The van der Waals surface area contributed by atoms with Gasteiger partial charge >= 0.3 is 0 Å². The van der Waals surface area contributed by atoms with E-state index in [4.69, 9.17) is 9.47 Å². The van der Waals surface area contributed by atoms with Crippen molar-refractivity contribution in [3.8, 4) is 0 Å². The van der Waals surface area contributed by atoms with Gasteiger partial charge in [-0.05, 0) is 13.0 Å². The summed E-state index contributed by atoms with van der Waals surface area (Å²) in [4.78, 5) is 0. The van der Waals surface area contributed by atoms with Crippen LogP contribution in [0.3, 0.4) is 0 Å². The zero-order chi connectivity index (χ0) is 10.3. The highest BCUT2D eigenvalue weighted by Gasteiger charge is 2.20. The first-order valence-corrected chi connectivity index (χ1v) is 7.97. The summed E-state index contributed by atoms with van der Waals surface area (Å²) in [5.74, 6) is 0. The van der Waals surface area contributed by atoms with Crippen LogP contribution in [-0.2, 0) is 9.47 Å². The summed E-state index contributed by atoms with van der Waals surface area (Å²) in [6, 6.07) is 0. The Bertz CT molecular complexity index is 190. The molecule has 0 aromatic rings. The first kappa shape index (κ1) is 12.5. The van der Waals surface area contributed by atoms with E-state index in [-0.39, 0.29) is 0 Å². The highest BCUT2D eigenvalue weighted by atomic mass is 28.3. The van der Waals surface area contributed by atoms with Crippen LogP contribution in [0.1, 0.15) is 6.92 Å². The molecular weight excluding hydrogens is 180 g/mol. The summed E-state index contributed by atoms with van der Waals surface area (Å²) in [6.07, 6.45) is 6.03. The largest absolute Gasteiger partial charge is 0.477 e. The molecule has 0 unspecified atom stereocenters. The fourth-order valence-corrected chi connectivity index (χ4v) is 1.91. The van der Waals surface area contributed by atoms with Crippen LogP contribution in [0.4, 0.5) is 0 Å². The van der Waals surface area contributed by atoms with Crippen LogP contribution >= 0.6 is 0 Å². The molecule has 0 heterocycles. The van der Waals surface area contributed by atoms with Crippen molar-refractivity contribution in [3.63, 3.8) is 0 Å². The molecule has 76 valence electrons. The molecule has 0 aromatic carbocycles. The third-order valence-electron chi connectivity index (χ3n) is 1.51. The molecule has 0 aliphatic heterocycles. The molecule has 0 aromatic heterocycles. The van der Waals surface area contributed by atoms with E-state index in [1.165, 1.54) is 0 Å². The molecule has 0 aliphatic rings. The maximum absolute atomic E-state index is 5.51. The second-order valence-corrected chi connectivity index (χ2v) is 8.85. The zero-order valence-electron chi connectivity index (χ0n) is 9.26. The van der Waals surface area contributed by atoms with Crippen molar-refractivity contribution in [3.05, 3.63) is 23.6 Å². The molecule has 0 bridgehead atoms. The summed E-state index contributed by atoms with van der Waals surface area (Å²) in [5.41, 5.74) is 0. The van der Waals surface area contributed by atoms with E-state index in [0.29, 0.717) is 6.79 Å². The van der Waals surface area contributed by atoms with Gasteiger partial charge in [0, 0.05) is 7.11 Å². The van der Waals surface area contributed by atoms with Crippen LogP contribution in [0.15, 0.2) is 23.6 Å². The van der Waals surface area contributed by atoms with Gasteiger partial charge in [-0.15, -0.1) is 0 Å². The Kier molecular flexibility index (Phi) is 5.74. The molecule has 0 rings (SSSR count). The summed E-state index contributed by atoms with van der Waals surface area (Å²) in [5, 5.41) is 1.08. The Hall–Kier alpha value is -0.543. The predicted octanol–water partition coefficient (Wildman–Crippen LogP) is 2.94. The van der Waals surface area contributed by atoms with Crippen LogP contribution in [-0.4, -0.2) is 22.0 Å². The lowest BCUT2D eigenvalue weighted by atomic mass is 10.5. The van der Waals surface area contributed by atoms with Crippen LogP contribution in [0.2, 0.25) is 19.6 Å². The Morgan fingerprint density at radius 2 is 1.92 bits per heavy atom. The topological polar surface area (TPSA) is 18.5 Å². The highest BCUT2D eigenvalue weighted by Crippen LogP contribution is 2.15. The van der Waals surface area contributed by atoms with Gasteiger partial charge in [0.15, 0.2) is 6.79 Å². The second-order valence-electron chi connectivity index (χ2n) is 3.86. The lowest BCUT2D eigenvalue weighted by Gasteiger charge is -2.20. The standard InChI is InChI=1S/C10H20O2Si/c1-6-7-8-10(12-9-11-2)13(3,4)5/h6-8H,9H2,1-5H3/b7-6+,10-8-. The number of ether oxygens (including phenoxy) is 2. The van der Waals surface area contributed by atoms with E-state index >= 15 is 0 Å². The minimum atomic E-state index is -1.35. The van der Waals surface area contributed by atoms with Crippen LogP contribution in [0, 0.1) is 0 Å². The van der Waals surface area contributed by atoms with Gasteiger partial charge in [-0.1, -0.05) is 31.8 Å². The van der Waals surface area contributed by atoms with E-state index in [1.807, 2.05) is 25.2 Å². The van der Waals surface area contributed by atoms with Crippen molar-refractivity contribution in [2.75, 3.05) is 13.9 Å². The lowest BCUT2D eigenvalue weighted by Crippen LogP contribution is -2.26. The summed E-state index contributed by atoms with van der Waals surface area (Å²) >= 11 is 0. The molecule has 0 N–H and O–H groups in total. The van der Waals surface area contributed by atoms with Crippen LogP contribution < -0.4 is 0 Å². The fraction of sp³-hybridized carbons (Fsp3) is 0.600.